The number of ketones is 2. The third-order valence-corrected chi connectivity index (χ3v) is 2.14. The van der Waals surface area contributed by atoms with Gasteiger partial charge in [0.05, 0.1) is 6.42 Å². The van der Waals surface area contributed by atoms with Crippen molar-refractivity contribution in [2.45, 2.75) is 38.3 Å². The summed E-state index contributed by atoms with van der Waals surface area (Å²) in [5.41, 5.74) is -6.01. The van der Waals surface area contributed by atoms with E-state index in [1.165, 1.54) is 0 Å². The van der Waals surface area contributed by atoms with Crippen LogP contribution in [0.2, 0.25) is 0 Å². The monoisotopic (exact) mass is 282 g/mol. The second-order valence-corrected chi connectivity index (χ2v) is 3.87. The molecule has 0 heterocycles. The minimum atomic E-state index is -6.46. The number of carbonyl (C=O) groups excluding carboxylic acids is 2. The predicted molar refractivity (Wildman–Crippen MR) is 45.4 cm³/mol. The fourth-order valence-electron chi connectivity index (χ4n) is 0.961. The van der Waals surface area contributed by atoms with Crippen molar-refractivity contribution < 1.29 is 40.3 Å². The van der Waals surface area contributed by atoms with E-state index in [4.69, 9.17) is 0 Å². The molecule has 0 atom stereocenters. The maximum absolute atomic E-state index is 13.1. The standard InChI is InChI=1S/C9H9F7O2/c1-4(2)5(17)3-6(18)7(10,8(11,12)13)9(14,15)16/h4H,3H2,1-2H3. The Morgan fingerprint density at radius 3 is 1.44 bits per heavy atom. The number of Topliss-reactive ketones (excluding diaryl/α,β-unsaturated/α-hetero) is 2. The molecule has 0 aromatic heterocycles. The van der Waals surface area contributed by atoms with E-state index in [0.29, 0.717) is 0 Å². The Morgan fingerprint density at radius 1 is 0.889 bits per heavy atom. The Morgan fingerprint density at radius 2 is 1.22 bits per heavy atom. The first-order chi connectivity index (χ1) is 7.75. The summed E-state index contributed by atoms with van der Waals surface area (Å²) >= 11 is 0. The molecule has 0 aliphatic carbocycles. The maximum Gasteiger partial charge on any atom is 0.439 e. The fraction of sp³-hybridized carbons (Fsp3) is 0.778. The van der Waals surface area contributed by atoms with Crippen LogP contribution in [0.3, 0.4) is 0 Å². The van der Waals surface area contributed by atoms with Gasteiger partial charge in [0.2, 0.25) is 0 Å². The van der Waals surface area contributed by atoms with Crippen molar-refractivity contribution >= 4 is 11.6 Å². The third kappa shape index (κ3) is 2.99. The Balaban J connectivity index is 5.40. The number of hydrogen-bond acceptors (Lipinski definition) is 2. The number of halogens is 7. The van der Waals surface area contributed by atoms with Crippen molar-refractivity contribution in [2.75, 3.05) is 0 Å². The summed E-state index contributed by atoms with van der Waals surface area (Å²) < 4.78 is 85.5. The van der Waals surface area contributed by atoms with Gasteiger partial charge in [-0.1, -0.05) is 13.8 Å². The molecule has 0 fully saturated rings. The summed E-state index contributed by atoms with van der Waals surface area (Å²) in [7, 11) is 0. The molecule has 0 aliphatic heterocycles. The molecule has 18 heavy (non-hydrogen) atoms. The molecule has 2 nitrogen and oxygen atoms in total. The van der Waals surface area contributed by atoms with Crippen molar-refractivity contribution in [1.29, 1.82) is 0 Å². The Labute approximate surface area is 97.1 Å². The summed E-state index contributed by atoms with van der Waals surface area (Å²) in [5, 5.41) is 0. The van der Waals surface area contributed by atoms with E-state index < -0.39 is 41.9 Å². The van der Waals surface area contributed by atoms with Gasteiger partial charge >= 0.3 is 18.0 Å². The third-order valence-electron chi connectivity index (χ3n) is 2.14. The number of rotatable bonds is 4. The average Bonchev–Trinajstić information content (AvgIpc) is 2.12. The molecule has 9 heteroatoms. The first kappa shape index (κ1) is 16.9. The molecule has 0 aromatic rings. The van der Waals surface area contributed by atoms with Gasteiger partial charge in [0.15, 0.2) is 5.78 Å². The van der Waals surface area contributed by atoms with Gasteiger partial charge in [-0.05, 0) is 0 Å². The van der Waals surface area contributed by atoms with E-state index in [1.54, 1.807) is 0 Å². The lowest BCUT2D eigenvalue weighted by Crippen LogP contribution is -2.59. The van der Waals surface area contributed by atoms with E-state index in [-0.39, 0.29) is 0 Å². The summed E-state index contributed by atoms with van der Waals surface area (Å²) in [6.07, 6.45) is -14.7. The Bertz CT molecular complexity index is 326. The predicted octanol–water partition coefficient (Wildman–Crippen LogP) is 3.00. The van der Waals surface area contributed by atoms with Crippen molar-refractivity contribution in [3.8, 4) is 0 Å². The molecule has 106 valence electrons. The maximum atomic E-state index is 13.1. The Kier molecular flexibility index (Phi) is 4.54. The average molecular weight is 282 g/mol. The zero-order chi connectivity index (χ0) is 14.9. The molecule has 0 amide bonds. The minimum absolute atomic E-state index is 0.973. The van der Waals surface area contributed by atoms with Crippen molar-refractivity contribution in [2.24, 2.45) is 5.92 Å². The molecular weight excluding hydrogens is 273 g/mol. The van der Waals surface area contributed by atoms with Crippen LogP contribution >= 0.6 is 0 Å². The van der Waals surface area contributed by atoms with Gasteiger partial charge in [0.1, 0.15) is 5.78 Å². The highest BCUT2D eigenvalue weighted by Gasteiger charge is 2.76. The molecule has 0 saturated heterocycles. The highest BCUT2D eigenvalue weighted by atomic mass is 19.4. The molecule has 0 radical (unpaired) electrons. The summed E-state index contributed by atoms with van der Waals surface area (Å²) in [4.78, 5) is 21.8. The molecule has 0 bridgehead atoms. The van der Waals surface area contributed by atoms with Gasteiger partial charge in [-0.25, -0.2) is 4.39 Å². The Hall–Kier alpha value is -1.15. The quantitative estimate of drug-likeness (QED) is 0.586. The molecular formula is C9H9F7O2. The first-order valence-electron chi connectivity index (χ1n) is 4.63. The van der Waals surface area contributed by atoms with Crippen LogP contribution in [0.4, 0.5) is 30.7 Å². The molecule has 0 unspecified atom stereocenters. The smallest absolute Gasteiger partial charge is 0.299 e. The number of hydrogen-bond donors (Lipinski definition) is 0. The summed E-state index contributed by atoms with van der Waals surface area (Å²) in [5.74, 6) is -5.02. The van der Waals surface area contributed by atoms with Crippen LogP contribution in [0.15, 0.2) is 0 Å². The van der Waals surface area contributed by atoms with Crippen LogP contribution in [-0.4, -0.2) is 29.6 Å². The summed E-state index contributed by atoms with van der Waals surface area (Å²) in [6.45, 7) is 2.33. The van der Waals surface area contributed by atoms with Gasteiger partial charge in [-0.3, -0.25) is 9.59 Å². The van der Waals surface area contributed by atoms with Crippen LogP contribution in [0.1, 0.15) is 20.3 Å². The van der Waals surface area contributed by atoms with Crippen LogP contribution in [-0.2, 0) is 9.59 Å². The minimum Gasteiger partial charge on any atom is -0.299 e. The van der Waals surface area contributed by atoms with Crippen LogP contribution < -0.4 is 0 Å². The van der Waals surface area contributed by atoms with Crippen LogP contribution in [0.25, 0.3) is 0 Å². The molecule has 0 aromatic carbocycles. The van der Waals surface area contributed by atoms with E-state index in [0.717, 1.165) is 13.8 Å². The highest BCUT2D eigenvalue weighted by molar-refractivity contribution is 6.04. The molecule has 0 aliphatic rings. The molecule has 0 spiro atoms. The van der Waals surface area contributed by atoms with Crippen molar-refractivity contribution in [1.82, 2.24) is 0 Å². The zero-order valence-corrected chi connectivity index (χ0v) is 9.25. The van der Waals surface area contributed by atoms with Gasteiger partial charge in [0.25, 0.3) is 0 Å². The van der Waals surface area contributed by atoms with Gasteiger partial charge in [-0.2, -0.15) is 26.3 Å². The van der Waals surface area contributed by atoms with Crippen LogP contribution in [0, 0.1) is 5.92 Å². The molecule has 0 saturated carbocycles. The lowest BCUT2D eigenvalue weighted by atomic mass is 9.92. The van der Waals surface area contributed by atoms with E-state index in [1.807, 2.05) is 0 Å². The first-order valence-corrected chi connectivity index (χ1v) is 4.63. The van der Waals surface area contributed by atoms with E-state index in [9.17, 15) is 40.3 Å². The number of alkyl halides is 7. The summed E-state index contributed by atoms with van der Waals surface area (Å²) in [6, 6.07) is 0. The van der Waals surface area contributed by atoms with E-state index >= 15 is 0 Å². The lowest BCUT2D eigenvalue weighted by molar-refractivity contribution is -0.325. The molecule has 0 N–H and O–H groups in total. The second-order valence-electron chi connectivity index (χ2n) is 3.87. The zero-order valence-electron chi connectivity index (χ0n) is 9.25. The highest BCUT2D eigenvalue weighted by Crippen LogP contribution is 2.47. The topological polar surface area (TPSA) is 34.1 Å². The van der Waals surface area contributed by atoms with Crippen molar-refractivity contribution in [3.05, 3.63) is 0 Å². The largest absolute Gasteiger partial charge is 0.439 e. The SMILES string of the molecule is CC(C)C(=O)CC(=O)C(F)(C(F)(F)F)C(F)(F)F. The fourth-order valence-corrected chi connectivity index (χ4v) is 0.961. The van der Waals surface area contributed by atoms with Crippen LogP contribution in [0.5, 0.6) is 0 Å². The lowest BCUT2D eigenvalue weighted by Gasteiger charge is -2.28. The van der Waals surface area contributed by atoms with Gasteiger partial charge in [-0.15, -0.1) is 0 Å². The second kappa shape index (κ2) is 4.85. The van der Waals surface area contributed by atoms with E-state index in [2.05, 4.69) is 0 Å². The molecule has 0 rings (SSSR count). The van der Waals surface area contributed by atoms with Crippen molar-refractivity contribution in [3.63, 3.8) is 0 Å². The number of carbonyl (C=O) groups is 2. The normalized spacial score (nSPS) is 13.9. The van der Waals surface area contributed by atoms with Gasteiger partial charge < -0.3 is 0 Å². The van der Waals surface area contributed by atoms with Gasteiger partial charge in [0, 0.05) is 5.92 Å².